The minimum absolute atomic E-state index is 0.197. The number of ketones is 1. The van der Waals surface area contributed by atoms with E-state index < -0.39 is 23.6 Å². The zero-order chi connectivity index (χ0) is 21.9. The summed E-state index contributed by atoms with van der Waals surface area (Å²) in [6, 6.07) is 18.8. The highest BCUT2D eigenvalue weighted by Gasteiger charge is 2.34. The van der Waals surface area contributed by atoms with Gasteiger partial charge in [0.1, 0.15) is 0 Å². The van der Waals surface area contributed by atoms with Crippen LogP contribution in [0.3, 0.4) is 0 Å². The lowest BCUT2D eigenvalue weighted by Gasteiger charge is -2.17. The van der Waals surface area contributed by atoms with Crippen LogP contribution in [-0.4, -0.2) is 11.7 Å². The van der Waals surface area contributed by atoms with Gasteiger partial charge in [0, 0.05) is 15.6 Å². The van der Waals surface area contributed by atoms with Crippen LogP contribution in [0, 0.1) is 0 Å². The molecule has 0 heterocycles. The molecule has 30 heavy (non-hydrogen) atoms. The first-order chi connectivity index (χ1) is 14.2. The molecule has 3 nitrogen and oxygen atoms in total. The third kappa shape index (κ3) is 4.97. The van der Waals surface area contributed by atoms with Crippen LogP contribution < -0.4 is 5.32 Å². The number of anilines is 1. The molecule has 0 bridgehead atoms. The molecule has 154 valence electrons. The lowest BCUT2D eigenvalue weighted by molar-refractivity contribution is -0.137. The van der Waals surface area contributed by atoms with E-state index in [1.807, 2.05) is 0 Å². The number of alkyl halides is 3. The third-order valence-corrected chi connectivity index (χ3v) is 5.12. The van der Waals surface area contributed by atoms with Gasteiger partial charge in [-0.2, -0.15) is 13.2 Å². The molecule has 0 aromatic heterocycles. The predicted octanol–water partition coefficient (Wildman–Crippen LogP) is 6.44. The Hall–Kier alpha value is -2.93. The van der Waals surface area contributed by atoms with E-state index >= 15 is 0 Å². The first-order valence-corrected chi connectivity index (χ1v) is 9.83. The summed E-state index contributed by atoms with van der Waals surface area (Å²) in [5.74, 6) is -1.57. The van der Waals surface area contributed by atoms with Crippen molar-refractivity contribution in [3.8, 4) is 0 Å². The Balaban J connectivity index is 1.83. The molecule has 3 aromatic rings. The third-order valence-electron chi connectivity index (χ3n) is 4.62. The quantitative estimate of drug-likeness (QED) is 0.431. The maximum atomic E-state index is 13.3. The van der Waals surface area contributed by atoms with Gasteiger partial charge < -0.3 is 5.32 Å². The van der Waals surface area contributed by atoms with Crippen LogP contribution in [0.25, 0.3) is 0 Å². The van der Waals surface area contributed by atoms with Gasteiger partial charge in [-0.15, -0.1) is 0 Å². The fourth-order valence-electron chi connectivity index (χ4n) is 2.96. The van der Waals surface area contributed by atoms with Crippen molar-refractivity contribution in [3.05, 3.63) is 99.5 Å². The Morgan fingerprint density at radius 2 is 1.57 bits per heavy atom. The zero-order valence-corrected chi connectivity index (χ0v) is 17.4. The number of carbonyl (C=O) groups excluding carboxylic acids is 2. The Morgan fingerprint density at radius 1 is 0.900 bits per heavy atom. The van der Waals surface area contributed by atoms with Crippen LogP contribution in [0.2, 0.25) is 0 Å². The molecular formula is C23H17BrF3NO2. The molecule has 0 radical (unpaired) electrons. The molecule has 1 amide bonds. The van der Waals surface area contributed by atoms with E-state index in [0.717, 1.165) is 6.07 Å². The Labute approximate surface area is 180 Å². The number of halogens is 4. The van der Waals surface area contributed by atoms with Crippen molar-refractivity contribution in [1.82, 2.24) is 0 Å². The maximum Gasteiger partial charge on any atom is 0.418 e. The van der Waals surface area contributed by atoms with Gasteiger partial charge in [-0.05, 0) is 36.8 Å². The van der Waals surface area contributed by atoms with E-state index in [1.165, 1.54) is 12.1 Å². The molecule has 0 aliphatic rings. The molecule has 1 N–H and O–H groups in total. The van der Waals surface area contributed by atoms with Crippen molar-refractivity contribution in [2.45, 2.75) is 19.0 Å². The highest BCUT2D eigenvalue weighted by atomic mass is 79.9. The zero-order valence-electron chi connectivity index (χ0n) is 15.8. The molecule has 0 aliphatic heterocycles. The van der Waals surface area contributed by atoms with Crippen LogP contribution in [0.1, 0.15) is 39.9 Å². The Bertz CT molecular complexity index is 1080. The van der Waals surface area contributed by atoms with E-state index in [9.17, 15) is 22.8 Å². The molecule has 0 saturated carbocycles. The van der Waals surface area contributed by atoms with Crippen LogP contribution >= 0.6 is 15.9 Å². The fraction of sp³-hybridized carbons (Fsp3) is 0.130. The normalized spacial score (nSPS) is 12.3. The highest BCUT2D eigenvalue weighted by molar-refractivity contribution is 9.10. The monoisotopic (exact) mass is 475 g/mol. The lowest BCUT2D eigenvalue weighted by Crippen LogP contribution is -2.21. The number of hydrogen-bond donors (Lipinski definition) is 1. The SMILES string of the molecule is C[C@@H](C(=O)Nc1ccc(Br)cc1C(F)(F)F)c1cccc(C(=O)c2ccccc2)c1. The van der Waals surface area contributed by atoms with E-state index in [0.29, 0.717) is 16.7 Å². The van der Waals surface area contributed by atoms with Crippen molar-refractivity contribution in [3.63, 3.8) is 0 Å². The number of amides is 1. The predicted molar refractivity (Wildman–Crippen MR) is 113 cm³/mol. The van der Waals surface area contributed by atoms with Crippen molar-refractivity contribution in [2.75, 3.05) is 5.32 Å². The average molecular weight is 476 g/mol. The summed E-state index contributed by atoms with van der Waals surface area (Å²) in [6.45, 7) is 1.58. The Morgan fingerprint density at radius 3 is 2.23 bits per heavy atom. The summed E-state index contributed by atoms with van der Waals surface area (Å²) in [5.41, 5.74) is 0.179. The summed E-state index contributed by atoms with van der Waals surface area (Å²) in [7, 11) is 0. The molecule has 3 aromatic carbocycles. The number of rotatable bonds is 5. The van der Waals surface area contributed by atoms with Crippen molar-refractivity contribution >= 4 is 33.3 Å². The summed E-state index contributed by atoms with van der Waals surface area (Å²) < 4.78 is 40.1. The minimum atomic E-state index is -4.61. The topological polar surface area (TPSA) is 46.2 Å². The van der Waals surface area contributed by atoms with Crippen LogP contribution in [-0.2, 0) is 11.0 Å². The van der Waals surface area contributed by atoms with E-state index in [4.69, 9.17) is 0 Å². The first kappa shape index (κ1) is 21.8. The van der Waals surface area contributed by atoms with Gasteiger partial charge >= 0.3 is 6.18 Å². The summed E-state index contributed by atoms with van der Waals surface area (Å²) in [5, 5.41) is 2.36. The van der Waals surface area contributed by atoms with Crippen molar-refractivity contribution < 1.29 is 22.8 Å². The second-order valence-electron chi connectivity index (χ2n) is 6.72. The Kier molecular flexibility index (Phi) is 6.41. The minimum Gasteiger partial charge on any atom is -0.325 e. The number of benzene rings is 3. The molecule has 1 atom stereocenters. The number of nitrogens with one attached hydrogen (secondary N) is 1. The second kappa shape index (κ2) is 8.83. The first-order valence-electron chi connectivity index (χ1n) is 9.04. The molecule has 0 unspecified atom stereocenters. The average Bonchev–Trinajstić information content (AvgIpc) is 2.73. The number of carbonyl (C=O) groups is 2. The molecule has 3 rings (SSSR count). The van der Waals surface area contributed by atoms with Crippen LogP contribution in [0.4, 0.5) is 18.9 Å². The van der Waals surface area contributed by atoms with Gasteiger partial charge in [-0.1, -0.05) is 64.5 Å². The van der Waals surface area contributed by atoms with Gasteiger partial charge in [-0.25, -0.2) is 0 Å². The molecule has 0 aliphatic carbocycles. The molecule has 0 fully saturated rings. The van der Waals surface area contributed by atoms with E-state index in [1.54, 1.807) is 61.5 Å². The maximum absolute atomic E-state index is 13.3. The molecule has 0 spiro atoms. The largest absolute Gasteiger partial charge is 0.418 e. The van der Waals surface area contributed by atoms with Gasteiger partial charge in [0.15, 0.2) is 5.78 Å². The number of hydrogen-bond acceptors (Lipinski definition) is 2. The van der Waals surface area contributed by atoms with E-state index in [-0.39, 0.29) is 15.9 Å². The highest BCUT2D eigenvalue weighted by Crippen LogP contribution is 2.37. The summed E-state index contributed by atoms with van der Waals surface area (Å²) in [6.07, 6.45) is -4.61. The van der Waals surface area contributed by atoms with Gasteiger partial charge in [-0.3, -0.25) is 9.59 Å². The molecule has 0 saturated heterocycles. The van der Waals surface area contributed by atoms with Gasteiger partial charge in [0.05, 0.1) is 17.2 Å². The molecule has 7 heteroatoms. The van der Waals surface area contributed by atoms with E-state index in [2.05, 4.69) is 21.2 Å². The molecular weight excluding hydrogens is 459 g/mol. The van der Waals surface area contributed by atoms with Crippen molar-refractivity contribution in [1.29, 1.82) is 0 Å². The smallest absolute Gasteiger partial charge is 0.325 e. The van der Waals surface area contributed by atoms with Gasteiger partial charge in [0.2, 0.25) is 5.91 Å². The summed E-state index contributed by atoms with van der Waals surface area (Å²) in [4.78, 5) is 25.3. The van der Waals surface area contributed by atoms with Gasteiger partial charge in [0.25, 0.3) is 0 Å². The van der Waals surface area contributed by atoms with Crippen molar-refractivity contribution in [2.24, 2.45) is 0 Å². The second-order valence-corrected chi connectivity index (χ2v) is 7.63. The summed E-state index contributed by atoms with van der Waals surface area (Å²) >= 11 is 3.02. The lowest BCUT2D eigenvalue weighted by atomic mass is 9.95. The standard InChI is InChI=1S/C23H17BrF3NO2/c1-14(22(30)28-20-11-10-18(24)13-19(20)23(25,26)27)16-8-5-9-17(12-16)21(29)15-6-3-2-4-7-15/h2-14H,1H3,(H,28,30)/t14-/m1/s1. The fourth-order valence-corrected chi connectivity index (χ4v) is 3.32. The van der Waals surface area contributed by atoms with Crippen LogP contribution in [0.15, 0.2) is 77.3 Å². The van der Waals surface area contributed by atoms with Crippen LogP contribution in [0.5, 0.6) is 0 Å².